The number of aryl methyl sites for hydroxylation is 2. The van der Waals surface area contributed by atoms with Crippen molar-refractivity contribution >= 4 is 13.7 Å². The maximum atomic E-state index is 12.2. The van der Waals surface area contributed by atoms with Crippen molar-refractivity contribution in [1.82, 2.24) is 0 Å². The van der Waals surface area contributed by atoms with Gasteiger partial charge < -0.3 is 9.05 Å². The number of benzene rings is 1. The van der Waals surface area contributed by atoms with E-state index in [0.29, 0.717) is 13.2 Å². The van der Waals surface area contributed by atoms with Crippen LogP contribution in [0.3, 0.4) is 0 Å². The summed E-state index contributed by atoms with van der Waals surface area (Å²) >= 11 is 0. The average Bonchev–Trinajstić information content (AvgIpc) is 2.32. The summed E-state index contributed by atoms with van der Waals surface area (Å²) < 4.78 is 22.6. The monoisotopic (exact) mass is 268 g/mol. The zero-order valence-electron chi connectivity index (χ0n) is 11.5. The first-order chi connectivity index (χ1) is 8.50. The summed E-state index contributed by atoms with van der Waals surface area (Å²) in [6.45, 7) is 8.46. The molecule has 18 heavy (non-hydrogen) atoms. The van der Waals surface area contributed by atoms with Crippen molar-refractivity contribution in [2.45, 2.75) is 27.7 Å². The Morgan fingerprint density at radius 3 is 2.22 bits per heavy atom. The smallest absolute Gasteiger partial charge is 0.306 e. The lowest BCUT2D eigenvalue weighted by Gasteiger charge is -2.12. The molecule has 0 N–H and O–H groups in total. The van der Waals surface area contributed by atoms with Crippen molar-refractivity contribution in [3.63, 3.8) is 0 Å². The van der Waals surface area contributed by atoms with E-state index >= 15 is 0 Å². The second-order valence-corrected chi connectivity index (χ2v) is 5.93. The van der Waals surface area contributed by atoms with E-state index in [1.165, 1.54) is 16.9 Å². The van der Waals surface area contributed by atoms with Gasteiger partial charge in [-0.3, -0.25) is 4.57 Å². The highest BCUT2D eigenvalue weighted by molar-refractivity contribution is 7.57. The van der Waals surface area contributed by atoms with E-state index in [2.05, 4.69) is 13.8 Å². The fourth-order valence-electron chi connectivity index (χ4n) is 1.53. The van der Waals surface area contributed by atoms with Crippen molar-refractivity contribution in [1.29, 1.82) is 0 Å². The SMILES string of the molecule is CCOP(=O)(/C=C/c1ccc(C)c(C)c1)OCC. The fraction of sp³-hybridized carbons (Fsp3) is 0.429. The lowest BCUT2D eigenvalue weighted by atomic mass is 10.1. The van der Waals surface area contributed by atoms with Gasteiger partial charge in [0.1, 0.15) is 0 Å². The van der Waals surface area contributed by atoms with Gasteiger partial charge >= 0.3 is 7.60 Å². The molecule has 0 saturated heterocycles. The first kappa shape index (κ1) is 15.2. The zero-order valence-corrected chi connectivity index (χ0v) is 12.4. The molecule has 3 nitrogen and oxygen atoms in total. The van der Waals surface area contributed by atoms with E-state index in [4.69, 9.17) is 9.05 Å². The van der Waals surface area contributed by atoms with E-state index in [0.717, 1.165) is 5.56 Å². The molecule has 0 aliphatic heterocycles. The van der Waals surface area contributed by atoms with Gasteiger partial charge in [0.25, 0.3) is 0 Å². The molecule has 0 aliphatic rings. The van der Waals surface area contributed by atoms with Gasteiger partial charge in [0.2, 0.25) is 0 Å². The molecule has 100 valence electrons. The molecular formula is C14H21O3P. The van der Waals surface area contributed by atoms with Crippen LogP contribution in [-0.4, -0.2) is 13.2 Å². The third-order valence-corrected chi connectivity index (χ3v) is 4.35. The Hall–Kier alpha value is -0.890. The van der Waals surface area contributed by atoms with E-state index < -0.39 is 7.60 Å². The highest BCUT2D eigenvalue weighted by Crippen LogP contribution is 2.50. The van der Waals surface area contributed by atoms with Gasteiger partial charge in [0, 0.05) is 5.82 Å². The zero-order chi connectivity index (χ0) is 13.6. The number of rotatable bonds is 6. The van der Waals surface area contributed by atoms with Crippen molar-refractivity contribution in [2.24, 2.45) is 0 Å². The molecule has 0 radical (unpaired) electrons. The molecule has 0 saturated carbocycles. The molecular weight excluding hydrogens is 247 g/mol. The second kappa shape index (κ2) is 6.89. The topological polar surface area (TPSA) is 35.5 Å². The molecule has 1 rings (SSSR count). The van der Waals surface area contributed by atoms with Crippen LogP contribution in [-0.2, 0) is 13.6 Å². The summed E-state index contributed by atoms with van der Waals surface area (Å²) in [5, 5.41) is 0. The predicted molar refractivity (Wildman–Crippen MR) is 75.8 cm³/mol. The summed E-state index contributed by atoms with van der Waals surface area (Å²) in [6, 6.07) is 6.08. The van der Waals surface area contributed by atoms with Crippen LogP contribution in [0.15, 0.2) is 24.0 Å². The Labute approximate surface area is 109 Å². The van der Waals surface area contributed by atoms with Crippen LogP contribution in [0, 0.1) is 13.8 Å². The Morgan fingerprint density at radius 2 is 1.72 bits per heavy atom. The van der Waals surface area contributed by atoms with E-state index in [-0.39, 0.29) is 0 Å². The van der Waals surface area contributed by atoms with Gasteiger partial charge in [-0.2, -0.15) is 0 Å². The molecule has 0 aliphatic carbocycles. The predicted octanol–water partition coefficient (Wildman–Crippen LogP) is 4.54. The quantitative estimate of drug-likeness (QED) is 0.710. The molecule has 0 aromatic heterocycles. The van der Waals surface area contributed by atoms with Crippen LogP contribution >= 0.6 is 7.60 Å². The number of hydrogen-bond donors (Lipinski definition) is 0. The first-order valence-electron chi connectivity index (χ1n) is 6.16. The van der Waals surface area contributed by atoms with Crippen LogP contribution in [0.25, 0.3) is 6.08 Å². The normalized spacial score (nSPS) is 12.2. The molecule has 0 unspecified atom stereocenters. The molecule has 0 amide bonds. The molecule has 0 heterocycles. The standard InChI is InChI=1S/C14H21O3P/c1-5-16-18(15,17-6-2)10-9-14-8-7-12(3)13(4)11-14/h7-11H,5-6H2,1-4H3/b10-9+. The summed E-state index contributed by atoms with van der Waals surface area (Å²) in [5.41, 5.74) is 3.45. The summed E-state index contributed by atoms with van der Waals surface area (Å²) in [4.78, 5) is 0. The van der Waals surface area contributed by atoms with Crippen molar-refractivity contribution in [3.05, 3.63) is 40.7 Å². The van der Waals surface area contributed by atoms with E-state index in [1.807, 2.05) is 18.2 Å². The van der Waals surface area contributed by atoms with Gasteiger partial charge in [-0.15, -0.1) is 0 Å². The maximum absolute atomic E-state index is 12.2. The molecule has 0 fully saturated rings. The Balaban J connectivity index is 2.88. The molecule has 0 spiro atoms. The lowest BCUT2D eigenvalue weighted by molar-refractivity contribution is 0.229. The summed E-state index contributed by atoms with van der Waals surface area (Å²) in [6.07, 6.45) is 1.79. The van der Waals surface area contributed by atoms with E-state index in [9.17, 15) is 4.57 Å². The number of hydrogen-bond acceptors (Lipinski definition) is 3. The van der Waals surface area contributed by atoms with Gasteiger partial charge in [0.05, 0.1) is 13.2 Å². The average molecular weight is 268 g/mol. The molecule has 0 bridgehead atoms. The lowest BCUT2D eigenvalue weighted by Crippen LogP contribution is -1.92. The third-order valence-electron chi connectivity index (χ3n) is 2.60. The van der Waals surface area contributed by atoms with Crippen LogP contribution in [0.1, 0.15) is 30.5 Å². The van der Waals surface area contributed by atoms with E-state index in [1.54, 1.807) is 19.9 Å². The Bertz CT molecular complexity index is 456. The molecule has 1 aromatic carbocycles. The highest BCUT2D eigenvalue weighted by Gasteiger charge is 2.18. The highest BCUT2D eigenvalue weighted by atomic mass is 31.2. The maximum Gasteiger partial charge on any atom is 0.354 e. The van der Waals surface area contributed by atoms with Crippen molar-refractivity contribution in [2.75, 3.05) is 13.2 Å². The molecule has 1 aromatic rings. The largest absolute Gasteiger partial charge is 0.354 e. The van der Waals surface area contributed by atoms with Crippen LogP contribution in [0.4, 0.5) is 0 Å². The van der Waals surface area contributed by atoms with Crippen LogP contribution < -0.4 is 0 Å². The first-order valence-corrected chi connectivity index (χ1v) is 7.77. The van der Waals surface area contributed by atoms with Gasteiger partial charge in [-0.05, 0) is 50.5 Å². The van der Waals surface area contributed by atoms with Gasteiger partial charge in [0.15, 0.2) is 0 Å². The minimum Gasteiger partial charge on any atom is -0.306 e. The minimum absolute atomic E-state index is 0.370. The van der Waals surface area contributed by atoms with Crippen molar-refractivity contribution in [3.8, 4) is 0 Å². The van der Waals surface area contributed by atoms with Crippen molar-refractivity contribution < 1.29 is 13.6 Å². The van der Waals surface area contributed by atoms with Gasteiger partial charge in [-0.1, -0.05) is 18.2 Å². The van der Waals surface area contributed by atoms with Crippen LogP contribution in [0.5, 0.6) is 0 Å². The van der Waals surface area contributed by atoms with Crippen LogP contribution in [0.2, 0.25) is 0 Å². The second-order valence-electron chi connectivity index (χ2n) is 4.03. The van der Waals surface area contributed by atoms with Gasteiger partial charge in [-0.25, -0.2) is 0 Å². The summed E-state index contributed by atoms with van der Waals surface area (Å²) in [5.74, 6) is 1.53. The Kier molecular flexibility index (Phi) is 5.80. The fourth-order valence-corrected chi connectivity index (χ4v) is 2.85. The third kappa shape index (κ3) is 4.41. The summed E-state index contributed by atoms with van der Waals surface area (Å²) in [7, 11) is -3.09. The minimum atomic E-state index is -3.09. The Morgan fingerprint density at radius 1 is 1.11 bits per heavy atom. The molecule has 0 atom stereocenters. The molecule has 4 heteroatoms.